The van der Waals surface area contributed by atoms with Crippen molar-refractivity contribution in [2.75, 3.05) is 25.4 Å². The molecule has 1 heterocycles. The van der Waals surface area contributed by atoms with Crippen molar-refractivity contribution in [2.24, 2.45) is 0 Å². The quantitative estimate of drug-likeness (QED) is 0.728. The zero-order valence-electron chi connectivity index (χ0n) is 11.8. The first-order valence-electron chi connectivity index (χ1n) is 6.48. The highest BCUT2D eigenvalue weighted by atomic mass is 16.2. The number of nitrogens with one attached hydrogen (secondary N) is 1. The number of hydrogen-bond acceptors (Lipinski definition) is 4. The Morgan fingerprint density at radius 1 is 1.35 bits per heavy atom. The number of likely N-dealkylation sites (N-methyl/N-ethyl adjacent to an activating group) is 2. The molecule has 0 aliphatic heterocycles. The molecule has 1 aromatic rings. The third-order valence-electron chi connectivity index (χ3n) is 2.75. The molecule has 0 radical (unpaired) electrons. The van der Waals surface area contributed by atoms with Crippen LogP contribution in [0.1, 0.15) is 13.8 Å². The van der Waals surface area contributed by atoms with E-state index in [4.69, 9.17) is 5.73 Å². The highest BCUT2D eigenvalue weighted by Crippen LogP contribution is 1.98. The van der Waals surface area contributed by atoms with Crippen molar-refractivity contribution in [1.29, 1.82) is 0 Å². The second kappa shape index (κ2) is 7.32. The fourth-order valence-electron chi connectivity index (χ4n) is 1.72. The summed E-state index contributed by atoms with van der Waals surface area (Å²) in [7, 11) is 0. The van der Waals surface area contributed by atoms with Crippen LogP contribution in [0.5, 0.6) is 0 Å². The van der Waals surface area contributed by atoms with Gasteiger partial charge in [0.2, 0.25) is 11.8 Å². The molecule has 110 valence electrons. The van der Waals surface area contributed by atoms with Crippen LogP contribution >= 0.6 is 0 Å². The average molecular weight is 280 g/mol. The summed E-state index contributed by atoms with van der Waals surface area (Å²) in [5.41, 5.74) is 5.69. The van der Waals surface area contributed by atoms with Crippen molar-refractivity contribution in [3.05, 3.63) is 28.7 Å². The smallest absolute Gasteiger partial charge is 0.251 e. The molecule has 0 saturated heterocycles. The van der Waals surface area contributed by atoms with Crippen LogP contribution in [-0.4, -0.2) is 40.9 Å². The van der Waals surface area contributed by atoms with Crippen LogP contribution in [0.2, 0.25) is 0 Å². The van der Waals surface area contributed by atoms with E-state index in [1.165, 1.54) is 27.8 Å². The zero-order valence-corrected chi connectivity index (χ0v) is 11.8. The summed E-state index contributed by atoms with van der Waals surface area (Å²) in [4.78, 5) is 36.6. The van der Waals surface area contributed by atoms with E-state index in [0.29, 0.717) is 18.8 Å². The van der Waals surface area contributed by atoms with Crippen LogP contribution in [0.3, 0.4) is 0 Å². The molecule has 1 rings (SSSR count). The molecule has 2 amide bonds. The standard InChI is InChI=1S/C13H20N4O3/c1-3-15-11(18)8-16(4-2)13(20)9-17-7-10(14)5-6-12(17)19/h5-7H,3-4,8-9,14H2,1-2H3,(H,15,18). The van der Waals surface area contributed by atoms with E-state index in [9.17, 15) is 14.4 Å². The molecule has 0 aliphatic rings. The maximum atomic E-state index is 12.1. The lowest BCUT2D eigenvalue weighted by Crippen LogP contribution is -2.42. The third kappa shape index (κ3) is 4.42. The Morgan fingerprint density at radius 2 is 2.05 bits per heavy atom. The fourth-order valence-corrected chi connectivity index (χ4v) is 1.72. The van der Waals surface area contributed by atoms with E-state index in [1.54, 1.807) is 6.92 Å². The Hall–Kier alpha value is -2.31. The van der Waals surface area contributed by atoms with Crippen molar-refractivity contribution in [1.82, 2.24) is 14.8 Å². The van der Waals surface area contributed by atoms with Gasteiger partial charge in [0.05, 0.1) is 6.54 Å². The minimum Gasteiger partial charge on any atom is -0.398 e. The first-order chi connectivity index (χ1) is 9.47. The highest BCUT2D eigenvalue weighted by molar-refractivity contribution is 5.84. The summed E-state index contributed by atoms with van der Waals surface area (Å²) in [6, 6.07) is 2.79. The predicted octanol–water partition coefficient (Wildman–Crippen LogP) is -0.585. The number of hydrogen-bond donors (Lipinski definition) is 2. The lowest BCUT2D eigenvalue weighted by molar-refractivity contribution is -0.136. The average Bonchev–Trinajstić information content (AvgIpc) is 2.40. The van der Waals surface area contributed by atoms with Crippen molar-refractivity contribution < 1.29 is 9.59 Å². The molecule has 0 fully saturated rings. The minimum absolute atomic E-state index is 0.0137. The normalized spacial score (nSPS) is 10.1. The molecule has 0 bridgehead atoms. The molecule has 0 aromatic carbocycles. The van der Waals surface area contributed by atoms with Crippen LogP contribution in [-0.2, 0) is 16.1 Å². The van der Waals surface area contributed by atoms with Gasteiger partial charge in [0.15, 0.2) is 0 Å². The summed E-state index contributed by atoms with van der Waals surface area (Å²) >= 11 is 0. The minimum atomic E-state index is -0.304. The van der Waals surface area contributed by atoms with E-state index in [-0.39, 0.29) is 30.5 Å². The molecule has 7 heteroatoms. The Morgan fingerprint density at radius 3 is 2.65 bits per heavy atom. The van der Waals surface area contributed by atoms with Crippen molar-refractivity contribution in [2.45, 2.75) is 20.4 Å². The van der Waals surface area contributed by atoms with Gasteiger partial charge >= 0.3 is 0 Å². The van der Waals surface area contributed by atoms with Gasteiger partial charge in [-0.15, -0.1) is 0 Å². The molecule has 0 atom stereocenters. The summed E-state index contributed by atoms with van der Waals surface area (Å²) < 4.78 is 1.23. The SMILES string of the molecule is CCNC(=O)CN(CC)C(=O)Cn1cc(N)ccc1=O. The Bertz CT molecular complexity index is 539. The number of nitrogen functional groups attached to an aromatic ring is 1. The van der Waals surface area contributed by atoms with Gasteiger partial charge < -0.3 is 20.5 Å². The number of aromatic nitrogens is 1. The Kier molecular flexibility index (Phi) is 5.76. The van der Waals surface area contributed by atoms with Crippen molar-refractivity contribution >= 4 is 17.5 Å². The summed E-state index contributed by atoms with van der Waals surface area (Å²) in [5, 5.41) is 2.63. The van der Waals surface area contributed by atoms with Crippen LogP contribution < -0.4 is 16.6 Å². The van der Waals surface area contributed by atoms with Gasteiger partial charge in [-0.1, -0.05) is 0 Å². The van der Waals surface area contributed by atoms with E-state index >= 15 is 0 Å². The molecule has 1 aromatic heterocycles. The summed E-state index contributed by atoms with van der Waals surface area (Å²) in [6.07, 6.45) is 1.42. The first kappa shape index (κ1) is 15.7. The van der Waals surface area contributed by atoms with Crippen LogP contribution in [0.4, 0.5) is 5.69 Å². The van der Waals surface area contributed by atoms with Gasteiger partial charge in [-0.2, -0.15) is 0 Å². The number of amides is 2. The number of anilines is 1. The van der Waals surface area contributed by atoms with Gasteiger partial charge in [0, 0.05) is 31.0 Å². The molecule has 20 heavy (non-hydrogen) atoms. The highest BCUT2D eigenvalue weighted by Gasteiger charge is 2.16. The second-order valence-electron chi connectivity index (χ2n) is 4.29. The monoisotopic (exact) mass is 280 g/mol. The van der Waals surface area contributed by atoms with Crippen LogP contribution in [0.15, 0.2) is 23.1 Å². The number of nitrogens with two attached hydrogens (primary N) is 1. The Balaban J connectivity index is 2.74. The van der Waals surface area contributed by atoms with Gasteiger partial charge in [-0.25, -0.2) is 0 Å². The summed E-state index contributed by atoms with van der Waals surface area (Å²) in [6.45, 7) is 4.35. The summed E-state index contributed by atoms with van der Waals surface area (Å²) in [5.74, 6) is -0.519. The molecule has 0 aliphatic carbocycles. The van der Waals surface area contributed by atoms with E-state index in [0.717, 1.165) is 0 Å². The van der Waals surface area contributed by atoms with Crippen LogP contribution in [0.25, 0.3) is 0 Å². The maximum Gasteiger partial charge on any atom is 0.251 e. The molecule has 7 nitrogen and oxygen atoms in total. The molecule has 0 saturated carbocycles. The molecule has 3 N–H and O–H groups in total. The van der Waals surface area contributed by atoms with Gasteiger partial charge in [0.25, 0.3) is 5.56 Å². The maximum absolute atomic E-state index is 12.1. The van der Waals surface area contributed by atoms with Crippen molar-refractivity contribution in [3.8, 4) is 0 Å². The largest absolute Gasteiger partial charge is 0.398 e. The van der Waals surface area contributed by atoms with E-state index in [2.05, 4.69) is 5.32 Å². The fraction of sp³-hybridized carbons (Fsp3) is 0.462. The molecule has 0 unspecified atom stereocenters. The van der Waals surface area contributed by atoms with Gasteiger partial charge in [-0.3, -0.25) is 14.4 Å². The second-order valence-corrected chi connectivity index (χ2v) is 4.29. The molecular weight excluding hydrogens is 260 g/mol. The number of carbonyl (C=O) groups is 2. The zero-order chi connectivity index (χ0) is 15.1. The Labute approximate surface area is 117 Å². The number of nitrogens with zero attached hydrogens (tertiary/aromatic N) is 2. The van der Waals surface area contributed by atoms with Crippen LogP contribution in [0, 0.1) is 0 Å². The number of carbonyl (C=O) groups excluding carboxylic acids is 2. The predicted molar refractivity (Wildman–Crippen MR) is 76.1 cm³/mol. The lowest BCUT2D eigenvalue weighted by Gasteiger charge is -2.20. The first-order valence-corrected chi connectivity index (χ1v) is 6.48. The molecule has 0 spiro atoms. The lowest BCUT2D eigenvalue weighted by atomic mass is 10.3. The number of rotatable bonds is 6. The number of pyridine rings is 1. The van der Waals surface area contributed by atoms with Gasteiger partial charge in [-0.05, 0) is 19.9 Å². The molecular formula is C13H20N4O3. The van der Waals surface area contributed by atoms with Gasteiger partial charge in [0.1, 0.15) is 6.54 Å². The van der Waals surface area contributed by atoms with Crippen molar-refractivity contribution in [3.63, 3.8) is 0 Å². The topological polar surface area (TPSA) is 97.4 Å². The van der Waals surface area contributed by atoms with E-state index < -0.39 is 0 Å². The third-order valence-corrected chi connectivity index (χ3v) is 2.75. The van der Waals surface area contributed by atoms with E-state index in [1.807, 2.05) is 6.92 Å².